The quantitative estimate of drug-likeness (QED) is 0.495. The summed E-state index contributed by atoms with van der Waals surface area (Å²) < 4.78 is 37.8. The maximum Gasteiger partial charge on any atom is 0.401 e. The van der Waals surface area contributed by atoms with E-state index >= 15 is 0 Å². The van der Waals surface area contributed by atoms with Gasteiger partial charge in [-0.1, -0.05) is 0 Å². The van der Waals surface area contributed by atoms with E-state index in [1.165, 1.54) is 4.90 Å². The van der Waals surface area contributed by atoms with Crippen LogP contribution in [-0.4, -0.2) is 116 Å². The number of nitrogens with one attached hydrogen (secondary N) is 1. The molecule has 0 spiro atoms. The van der Waals surface area contributed by atoms with Gasteiger partial charge in [0, 0.05) is 58.9 Å². The van der Waals surface area contributed by atoms with Crippen molar-refractivity contribution in [2.24, 2.45) is 10.9 Å². The van der Waals surface area contributed by atoms with E-state index < -0.39 is 12.7 Å². The normalized spacial score (nSPS) is 25.3. The topological polar surface area (TPSA) is 54.4 Å². The fraction of sp³-hybridized carbons (Fsp3) is 0.905. The monoisotopic (exact) mass is 446 g/mol. The molecule has 3 rings (SSSR count). The van der Waals surface area contributed by atoms with Crippen LogP contribution in [0.1, 0.15) is 33.1 Å². The third-order valence-corrected chi connectivity index (χ3v) is 6.54. The van der Waals surface area contributed by atoms with Gasteiger partial charge in [-0.05, 0) is 45.6 Å². The third kappa shape index (κ3) is 6.97. The number of guanidine groups is 1. The summed E-state index contributed by atoms with van der Waals surface area (Å²) in [5, 5.41) is 3.33. The minimum atomic E-state index is -4.14. The Balaban J connectivity index is 1.48. The molecule has 2 unspecified atom stereocenters. The van der Waals surface area contributed by atoms with Gasteiger partial charge in [0.25, 0.3) is 0 Å². The third-order valence-electron chi connectivity index (χ3n) is 6.54. The number of aliphatic imine (C=N–C) groups is 1. The average molecular weight is 447 g/mol. The van der Waals surface area contributed by atoms with E-state index in [0.717, 1.165) is 71.0 Å². The SMILES string of the molecule is CCNC(=NCC1CCN(CC(F)(F)F)C1)N1CCN(C(C)C(=O)N2CCCC2)CC1. The number of hydrogen-bond donors (Lipinski definition) is 1. The molecule has 3 saturated heterocycles. The van der Waals surface area contributed by atoms with Crippen LogP contribution in [0.3, 0.4) is 0 Å². The van der Waals surface area contributed by atoms with Gasteiger partial charge in [-0.25, -0.2) is 0 Å². The first-order valence-electron chi connectivity index (χ1n) is 11.6. The van der Waals surface area contributed by atoms with Crippen molar-refractivity contribution >= 4 is 11.9 Å². The van der Waals surface area contributed by atoms with Crippen LogP contribution in [0, 0.1) is 5.92 Å². The molecule has 0 aromatic carbocycles. The van der Waals surface area contributed by atoms with Crippen LogP contribution >= 0.6 is 0 Å². The fourth-order valence-corrected chi connectivity index (χ4v) is 4.78. The van der Waals surface area contributed by atoms with Crippen molar-refractivity contribution in [3.8, 4) is 0 Å². The van der Waals surface area contributed by atoms with Gasteiger partial charge in [-0.2, -0.15) is 13.2 Å². The lowest BCUT2D eigenvalue weighted by molar-refractivity contribution is -0.143. The molecule has 7 nitrogen and oxygen atoms in total. The van der Waals surface area contributed by atoms with Gasteiger partial charge in [0.1, 0.15) is 0 Å². The zero-order chi connectivity index (χ0) is 22.4. The molecular weight excluding hydrogens is 409 g/mol. The van der Waals surface area contributed by atoms with Crippen molar-refractivity contribution in [1.82, 2.24) is 24.9 Å². The number of amides is 1. The Labute approximate surface area is 183 Å². The molecule has 1 N–H and O–H groups in total. The Morgan fingerprint density at radius 2 is 1.74 bits per heavy atom. The predicted molar refractivity (Wildman–Crippen MR) is 115 cm³/mol. The Morgan fingerprint density at radius 3 is 2.35 bits per heavy atom. The van der Waals surface area contributed by atoms with E-state index in [9.17, 15) is 18.0 Å². The van der Waals surface area contributed by atoms with E-state index in [-0.39, 0.29) is 17.9 Å². The van der Waals surface area contributed by atoms with Crippen LogP contribution in [0.15, 0.2) is 4.99 Å². The minimum absolute atomic E-state index is 0.0992. The first-order chi connectivity index (χ1) is 14.8. The van der Waals surface area contributed by atoms with Crippen LogP contribution in [-0.2, 0) is 4.79 Å². The highest BCUT2D eigenvalue weighted by Crippen LogP contribution is 2.23. The minimum Gasteiger partial charge on any atom is -0.357 e. The molecule has 3 fully saturated rings. The Morgan fingerprint density at radius 1 is 1.06 bits per heavy atom. The molecule has 10 heteroatoms. The number of carbonyl (C=O) groups is 1. The van der Waals surface area contributed by atoms with Crippen molar-refractivity contribution < 1.29 is 18.0 Å². The van der Waals surface area contributed by atoms with Crippen LogP contribution in [0.4, 0.5) is 13.2 Å². The number of alkyl halides is 3. The second-order valence-electron chi connectivity index (χ2n) is 8.93. The fourth-order valence-electron chi connectivity index (χ4n) is 4.78. The molecular formula is C21H37F3N6O. The number of nitrogens with zero attached hydrogens (tertiary/aromatic N) is 5. The van der Waals surface area contributed by atoms with E-state index in [2.05, 4.69) is 15.1 Å². The van der Waals surface area contributed by atoms with Crippen molar-refractivity contribution in [3.63, 3.8) is 0 Å². The van der Waals surface area contributed by atoms with E-state index in [1.807, 2.05) is 18.7 Å². The van der Waals surface area contributed by atoms with E-state index in [0.29, 0.717) is 19.6 Å². The molecule has 0 aromatic rings. The highest BCUT2D eigenvalue weighted by molar-refractivity contribution is 5.82. The average Bonchev–Trinajstić information content (AvgIpc) is 3.41. The number of piperazine rings is 1. The molecule has 178 valence electrons. The summed E-state index contributed by atoms with van der Waals surface area (Å²) in [6.07, 6.45) is -1.18. The molecule has 0 aliphatic carbocycles. The first-order valence-corrected chi connectivity index (χ1v) is 11.6. The smallest absolute Gasteiger partial charge is 0.357 e. The number of hydrogen-bond acceptors (Lipinski definition) is 4. The molecule has 3 aliphatic rings. The molecule has 0 radical (unpaired) electrons. The molecule has 0 saturated carbocycles. The van der Waals surface area contributed by atoms with Gasteiger partial charge >= 0.3 is 6.18 Å². The van der Waals surface area contributed by atoms with Crippen molar-refractivity contribution in [1.29, 1.82) is 0 Å². The highest BCUT2D eigenvalue weighted by Gasteiger charge is 2.34. The lowest BCUT2D eigenvalue weighted by Crippen LogP contribution is -2.57. The van der Waals surface area contributed by atoms with Crippen LogP contribution in [0.2, 0.25) is 0 Å². The molecule has 3 heterocycles. The maximum absolute atomic E-state index is 12.7. The first kappa shape index (κ1) is 24.1. The molecule has 31 heavy (non-hydrogen) atoms. The predicted octanol–water partition coefficient (Wildman–Crippen LogP) is 1.46. The zero-order valence-electron chi connectivity index (χ0n) is 18.8. The van der Waals surface area contributed by atoms with Gasteiger partial charge in [0.15, 0.2) is 5.96 Å². The summed E-state index contributed by atoms with van der Waals surface area (Å²) in [5.74, 6) is 1.22. The van der Waals surface area contributed by atoms with Gasteiger partial charge in [-0.15, -0.1) is 0 Å². The van der Waals surface area contributed by atoms with Crippen LogP contribution in [0.25, 0.3) is 0 Å². The largest absolute Gasteiger partial charge is 0.401 e. The van der Waals surface area contributed by atoms with Gasteiger partial charge in [0.05, 0.1) is 12.6 Å². The van der Waals surface area contributed by atoms with Gasteiger partial charge in [0.2, 0.25) is 5.91 Å². The summed E-state index contributed by atoms with van der Waals surface area (Å²) in [6, 6.07) is -0.0992. The summed E-state index contributed by atoms with van der Waals surface area (Å²) in [4.78, 5) is 25.3. The van der Waals surface area contributed by atoms with Crippen LogP contribution < -0.4 is 5.32 Å². The highest BCUT2D eigenvalue weighted by atomic mass is 19.4. The number of halogens is 3. The lowest BCUT2D eigenvalue weighted by atomic mass is 10.1. The summed E-state index contributed by atoms with van der Waals surface area (Å²) in [7, 11) is 0. The summed E-state index contributed by atoms with van der Waals surface area (Å²) >= 11 is 0. The van der Waals surface area contributed by atoms with Crippen molar-refractivity contribution in [2.45, 2.75) is 45.3 Å². The van der Waals surface area contributed by atoms with Crippen molar-refractivity contribution in [3.05, 3.63) is 0 Å². The number of rotatable bonds is 6. The molecule has 2 atom stereocenters. The number of carbonyl (C=O) groups excluding carboxylic acids is 1. The lowest BCUT2D eigenvalue weighted by Gasteiger charge is -2.39. The second kappa shape index (κ2) is 10.8. The second-order valence-corrected chi connectivity index (χ2v) is 8.93. The molecule has 3 aliphatic heterocycles. The standard InChI is InChI=1S/C21H37F3N6O/c1-3-25-20(26-14-18-6-9-27(15-18)16-21(22,23)24)30-12-10-28(11-13-30)17(2)19(31)29-7-4-5-8-29/h17-18H,3-16H2,1-2H3,(H,25,26). The molecule has 0 bridgehead atoms. The maximum atomic E-state index is 12.7. The number of likely N-dealkylation sites (tertiary alicyclic amines) is 2. The zero-order valence-corrected chi connectivity index (χ0v) is 18.8. The molecule has 0 aromatic heterocycles. The summed E-state index contributed by atoms with van der Waals surface area (Å²) in [5.41, 5.74) is 0. The summed E-state index contributed by atoms with van der Waals surface area (Å²) in [6.45, 7) is 10.3. The Bertz CT molecular complexity index is 615. The van der Waals surface area contributed by atoms with Gasteiger partial charge in [-0.3, -0.25) is 19.6 Å². The Kier molecular flexibility index (Phi) is 8.43. The van der Waals surface area contributed by atoms with Gasteiger partial charge < -0.3 is 15.1 Å². The Hall–Kier alpha value is -1.55. The van der Waals surface area contributed by atoms with Crippen LogP contribution in [0.5, 0.6) is 0 Å². The van der Waals surface area contributed by atoms with Crippen molar-refractivity contribution in [2.75, 3.05) is 72.0 Å². The van der Waals surface area contributed by atoms with E-state index in [1.54, 1.807) is 0 Å². The van der Waals surface area contributed by atoms with E-state index in [4.69, 9.17) is 4.99 Å². The molecule has 1 amide bonds.